The van der Waals surface area contributed by atoms with E-state index in [2.05, 4.69) is 4.74 Å². The summed E-state index contributed by atoms with van der Waals surface area (Å²) in [6.07, 6.45) is -1.70. The highest BCUT2D eigenvalue weighted by atomic mass is 19.1. The molecule has 60 valence electrons. The number of carbonyl (C=O) groups excluding carboxylic acids is 1. The Bertz CT molecular complexity index is 127. The van der Waals surface area contributed by atoms with E-state index in [4.69, 9.17) is 5.11 Å². The monoisotopic (exact) mass is 150 g/mol. The van der Waals surface area contributed by atoms with E-state index in [-0.39, 0.29) is 0 Å². The molecule has 1 atom stereocenters. The number of methoxy groups -OCH3 is 1. The summed E-state index contributed by atoms with van der Waals surface area (Å²) >= 11 is 0. The van der Waals surface area contributed by atoms with E-state index >= 15 is 0 Å². The molecule has 1 N–H and O–H groups in total. The fourth-order valence-corrected chi connectivity index (χ4v) is 0.392. The smallest absolute Gasteiger partial charge is 0.338 e. The normalized spacial score (nSPS) is 14.5. The topological polar surface area (TPSA) is 46.5 Å². The molecule has 0 amide bonds. The van der Waals surface area contributed by atoms with Crippen LogP contribution in [0.4, 0.5) is 4.39 Å². The third kappa shape index (κ3) is 2.31. The van der Waals surface area contributed by atoms with Gasteiger partial charge in [-0.05, 0) is 13.8 Å². The van der Waals surface area contributed by atoms with Crippen LogP contribution < -0.4 is 0 Å². The van der Waals surface area contributed by atoms with Crippen molar-refractivity contribution >= 4 is 5.97 Å². The zero-order valence-electron chi connectivity index (χ0n) is 6.22. The lowest BCUT2D eigenvalue weighted by Crippen LogP contribution is -2.39. The zero-order valence-corrected chi connectivity index (χ0v) is 6.22. The summed E-state index contributed by atoms with van der Waals surface area (Å²) in [5, 5.41) is 8.80. The molecule has 0 aromatic carbocycles. The minimum atomic E-state index is -1.94. The molecule has 10 heavy (non-hydrogen) atoms. The summed E-state index contributed by atoms with van der Waals surface area (Å²) in [5.41, 5.74) is -1.94. The molecule has 0 fully saturated rings. The third-order valence-corrected chi connectivity index (χ3v) is 1.07. The maximum atomic E-state index is 12.7. The molecule has 0 heterocycles. The number of halogens is 1. The van der Waals surface area contributed by atoms with Crippen LogP contribution in [0.15, 0.2) is 0 Å². The zero-order chi connectivity index (χ0) is 8.36. The SMILES string of the molecule is COC(=O)C(O)C(C)(C)F. The second kappa shape index (κ2) is 2.96. The van der Waals surface area contributed by atoms with Gasteiger partial charge in [-0.1, -0.05) is 0 Å². The molecule has 0 radical (unpaired) electrons. The van der Waals surface area contributed by atoms with E-state index in [0.29, 0.717) is 0 Å². The van der Waals surface area contributed by atoms with Gasteiger partial charge < -0.3 is 9.84 Å². The van der Waals surface area contributed by atoms with Gasteiger partial charge in [0.05, 0.1) is 7.11 Å². The summed E-state index contributed by atoms with van der Waals surface area (Å²) in [7, 11) is 1.09. The highest BCUT2D eigenvalue weighted by Crippen LogP contribution is 2.14. The maximum absolute atomic E-state index is 12.7. The minimum absolute atomic E-state index is 0.951. The molecule has 0 saturated carbocycles. The predicted molar refractivity (Wildman–Crippen MR) is 33.2 cm³/mol. The first-order chi connectivity index (χ1) is 4.39. The summed E-state index contributed by atoms with van der Waals surface area (Å²) in [6.45, 7) is 2.21. The maximum Gasteiger partial charge on any atom is 0.338 e. The molecule has 0 bridgehead atoms. The van der Waals surface area contributed by atoms with Gasteiger partial charge in [-0.25, -0.2) is 9.18 Å². The van der Waals surface area contributed by atoms with Crippen LogP contribution in [-0.2, 0) is 9.53 Å². The highest BCUT2D eigenvalue weighted by Gasteiger charge is 2.34. The number of ether oxygens (including phenoxy) is 1. The fraction of sp³-hybridized carbons (Fsp3) is 0.833. The van der Waals surface area contributed by atoms with Gasteiger partial charge in [-0.15, -0.1) is 0 Å². The van der Waals surface area contributed by atoms with Gasteiger partial charge in [0.25, 0.3) is 0 Å². The first kappa shape index (κ1) is 9.36. The first-order valence-electron chi connectivity index (χ1n) is 2.84. The Morgan fingerprint density at radius 3 is 2.20 bits per heavy atom. The van der Waals surface area contributed by atoms with E-state index in [1.807, 2.05) is 0 Å². The fourth-order valence-electron chi connectivity index (χ4n) is 0.392. The van der Waals surface area contributed by atoms with Gasteiger partial charge in [-0.2, -0.15) is 0 Å². The molecule has 0 saturated heterocycles. The van der Waals surface area contributed by atoms with Crippen LogP contribution in [0.2, 0.25) is 0 Å². The minimum Gasteiger partial charge on any atom is -0.467 e. The molecule has 0 aliphatic rings. The van der Waals surface area contributed by atoms with Crippen molar-refractivity contribution in [3.05, 3.63) is 0 Å². The van der Waals surface area contributed by atoms with Gasteiger partial charge in [0.1, 0.15) is 5.67 Å². The van der Waals surface area contributed by atoms with Crippen molar-refractivity contribution in [2.75, 3.05) is 7.11 Å². The molecule has 0 aliphatic carbocycles. The number of esters is 1. The lowest BCUT2D eigenvalue weighted by atomic mass is 10.1. The van der Waals surface area contributed by atoms with Crippen molar-refractivity contribution in [3.8, 4) is 0 Å². The van der Waals surface area contributed by atoms with Crippen molar-refractivity contribution in [2.45, 2.75) is 25.6 Å². The summed E-state index contributed by atoms with van der Waals surface area (Å²) in [4.78, 5) is 10.4. The van der Waals surface area contributed by atoms with Crippen LogP contribution >= 0.6 is 0 Å². The van der Waals surface area contributed by atoms with Crippen molar-refractivity contribution < 1.29 is 19.0 Å². The molecule has 0 aliphatic heterocycles. The average Bonchev–Trinajstić information content (AvgIpc) is 1.83. The number of carbonyl (C=O) groups is 1. The Balaban J connectivity index is 4.08. The average molecular weight is 150 g/mol. The van der Waals surface area contributed by atoms with Crippen molar-refractivity contribution in [3.63, 3.8) is 0 Å². The molecule has 3 nitrogen and oxygen atoms in total. The van der Waals surface area contributed by atoms with Crippen LogP contribution in [0.1, 0.15) is 13.8 Å². The summed E-state index contributed by atoms with van der Waals surface area (Å²) < 4.78 is 16.8. The quantitative estimate of drug-likeness (QED) is 0.574. The molecule has 0 aromatic rings. The highest BCUT2D eigenvalue weighted by molar-refractivity contribution is 5.75. The van der Waals surface area contributed by atoms with Crippen LogP contribution in [0.3, 0.4) is 0 Å². The van der Waals surface area contributed by atoms with E-state index in [1.165, 1.54) is 0 Å². The van der Waals surface area contributed by atoms with E-state index in [9.17, 15) is 9.18 Å². The second-order valence-corrected chi connectivity index (χ2v) is 2.49. The third-order valence-electron chi connectivity index (χ3n) is 1.07. The Labute approximate surface area is 58.8 Å². The molecular weight excluding hydrogens is 139 g/mol. The Morgan fingerprint density at radius 2 is 2.10 bits per heavy atom. The van der Waals surface area contributed by atoms with Crippen LogP contribution in [-0.4, -0.2) is 30.0 Å². The van der Waals surface area contributed by atoms with Gasteiger partial charge in [-0.3, -0.25) is 0 Å². The van der Waals surface area contributed by atoms with Crippen LogP contribution in [0.25, 0.3) is 0 Å². The number of hydrogen-bond acceptors (Lipinski definition) is 3. The Kier molecular flexibility index (Phi) is 2.77. The lowest BCUT2D eigenvalue weighted by molar-refractivity contribution is -0.157. The number of hydrogen-bond donors (Lipinski definition) is 1. The second-order valence-electron chi connectivity index (χ2n) is 2.49. The van der Waals surface area contributed by atoms with Crippen LogP contribution in [0.5, 0.6) is 0 Å². The van der Waals surface area contributed by atoms with Gasteiger partial charge >= 0.3 is 5.97 Å². The van der Waals surface area contributed by atoms with E-state index in [0.717, 1.165) is 21.0 Å². The van der Waals surface area contributed by atoms with Gasteiger partial charge in [0.2, 0.25) is 0 Å². The number of aliphatic hydroxyl groups is 1. The van der Waals surface area contributed by atoms with Crippen LogP contribution in [0, 0.1) is 0 Å². The van der Waals surface area contributed by atoms with E-state index in [1.54, 1.807) is 0 Å². The number of rotatable bonds is 2. The van der Waals surface area contributed by atoms with Gasteiger partial charge in [0.15, 0.2) is 6.10 Å². The number of aliphatic hydroxyl groups excluding tert-OH is 1. The standard InChI is InChI=1S/C6H11FO3/c1-6(2,7)4(8)5(9)10-3/h4,8H,1-3H3. The largest absolute Gasteiger partial charge is 0.467 e. The van der Waals surface area contributed by atoms with E-state index < -0.39 is 17.7 Å². The lowest BCUT2D eigenvalue weighted by Gasteiger charge is -2.18. The predicted octanol–water partition coefficient (Wildman–Crippen LogP) is 0.268. The molecular formula is C6H11FO3. The Hall–Kier alpha value is -0.640. The number of alkyl halides is 1. The first-order valence-corrected chi connectivity index (χ1v) is 2.84. The van der Waals surface area contributed by atoms with Crippen molar-refractivity contribution in [1.82, 2.24) is 0 Å². The van der Waals surface area contributed by atoms with Crippen molar-refractivity contribution in [2.24, 2.45) is 0 Å². The Morgan fingerprint density at radius 1 is 1.70 bits per heavy atom. The summed E-state index contributed by atoms with van der Waals surface area (Å²) in [6, 6.07) is 0. The molecule has 4 heteroatoms. The molecule has 1 unspecified atom stereocenters. The molecule has 0 spiro atoms. The molecule has 0 aromatic heterocycles. The van der Waals surface area contributed by atoms with Crippen molar-refractivity contribution in [1.29, 1.82) is 0 Å². The molecule has 0 rings (SSSR count). The van der Waals surface area contributed by atoms with Gasteiger partial charge in [0, 0.05) is 0 Å². The summed E-state index contributed by atoms with van der Waals surface area (Å²) in [5.74, 6) is -0.951.